The zero-order chi connectivity index (χ0) is 11.7. The highest BCUT2D eigenvalue weighted by atomic mass is 19.1. The van der Waals surface area contributed by atoms with Gasteiger partial charge in [0.1, 0.15) is 6.17 Å². The molecule has 0 radical (unpaired) electrons. The van der Waals surface area contributed by atoms with Crippen molar-refractivity contribution in [3.63, 3.8) is 0 Å². The van der Waals surface area contributed by atoms with Crippen LogP contribution in [0.1, 0.15) is 35.3 Å². The zero-order valence-corrected chi connectivity index (χ0v) is 9.53. The minimum Gasteiger partial charge on any atom is -0.349 e. The Labute approximate surface area is 93.8 Å². The van der Waals surface area contributed by atoms with E-state index in [0.29, 0.717) is 18.4 Å². The zero-order valence-electron chi connectivity index (χ0n) is 9.53. The van der Waals surface area contributed by atoms with Crippen LogP contribution >= 0.6 is 0 Å². The molecule has 1 aliphatic carbocycles. The molecule has 1 saturated carbocycles. The van der Waals surface area contributed by atoms with Gasteiger partial charge in [-0.05, 0) is 26.2 Å². The summed E-state index contributed by atoms with van der Waals surface area (Å²) in [6.45, 7) is 1.84. The van der Waals surface area contributed by atoms with E-state index in [2.05, 4.69) is 10.4 Å². The van der Waals surface area contributed by atoms with Crippen LogP contribution in [0, 0.1) is 6.92 Å². The van der Waals surface area contributed by atoms with E-state index in [0.717, 1.165) is 12.1 Å². The largest absolute Gasteiger partial charge is 0.349 e. The molecular formula is C11H16FN3O. The summed E-state index contributed by atoms with van der Waals surface area (Å²) in [5.74, 6) is -0.148. The number of alkyl halides is 1. The summed E-state index contributed by atoms with van der Waals surface area (Å²) < 4.78 is 14.6. The van der Waals surface area contributed by atoms with Crippen LogP contribution in [0.2, 0.25) is 0 Å². The lowest BCUT2D eigenvalue weighted by atomic mass is 10.2. The van der Waals surface area contributed by atoms with E-state index in [1.807, 2.05) is 6.92 Å². The molecule has 1 amide bonds. The van der Waals surface area contributed by atoms with Crippen LogP contribution in [0.5, 0.6) is 0 Å². The Morgan fingerprint density at radius 1 is 1.62 bits per heavy atom. The first-order valence-electron chi connectivity index (χ1n) is 5.51. The molecule has 1 aromatic heterocycles. The van der Waals surface area contributed by atoms with Crippen molar-refractivity contribution in [2.75, 3.05) is 0 Å². The molecule has 5 heteroatoms. The van der Waals surface area contributed by atoms with Crippen LogP contribution in [0.15, 0.2) is 6.20 Å². The highest BCUT2D eigenvalue weighted by Crippen LogP contribution is 2.22. The number of carbonyl (C=O) groups excluding carboxylic acids is 1. The Morgan fingerprint density at radius 3 is 2.88 bits per heavy atom. The second kappa shape index (κ2) is 4.23. The second-order valence-corrected chi connectivity index (χ2v) is 4.35. The quantitative estimate of drug-likeness (QED) is 0.825. The SMILES string of the molecule is Cc1c(C(=O)N[C@H]2CC[C@H](F)C2)cnn1C. The molecule has 0 spiro atoms. The van der Waals surface area contributed by atoms with Gasteiger partial charge in [-0.1, -0.05) is 0 Å². The highest BCUT2D eigenvalue weighted by molar-refractivity contribution is 5.95. The highest BCUT2D eigenvalue weighted by Gasteiger charge is 2.26. The Morgan fingerprint density at radius 2 is 2.38 bits per heavy atom. The summed E-state index contributed by atoms with van der Waals surface area (Å²) in [5, 5.41) is 6.86. The molecule has 16 heavy (non-hydrogen) atoms. The lowest BCUT2D eigenvalue weighted by molar-refractivity contribution is 0.0936. The van der Waals surface area contributed by atoms with Crippen molar-refractivity contribution in [3.05, 3.63) is 17.5 Å². The number of aromatic nitrogens is 2. The first kappa shape index (κ1) is 11.1. The monoisotopic (exact) mass is 225 g/mol. The number of hydrogen-bond donors (Lipinski definition) is 1. The van der Waals surface area contributed by atoms with Crippen LogP contribution in [0.3, 0.4) is 0 Å². The molecule has 4 nitrogen and oxygen atoms in total. The number of aryl methyl sites for hydroxylation is 1. The number of carbonyl (C=O) groups is 1. The van der Waals surface area contributed by atoms with Gasteiger partial charge in [-0.25, -0.2) is 4.39 Å². The predicted molar refractivity (Wildman–Crippen MR) is 57.9 cm³/mol. The number of halogens is 1. The molecule has 1 aliphatic rings. The third kappa shape index (κ3) is 2.08. The van der Waals surface area contributed by atoms with Crippen LogP contribution in [-0.2, 0) is 7.05 Å². The van der Waals surface area contributed by atoms with Crippen LogP contribution in [0.4, 0.5) is 4.39 Å². The van der Waals surface area contributed by atoms with E-state index in [9.17, 15) is 9.18 Å². The van der Waals surface area contributed by atoms with E-state index in [4.69, 9.17) is 0 Å². The van der Waals surface area contributed by atoms with Gasteiger partial charge in [-0.3, -0.25) is 9.48 Å². The van der Waals surface area contributed by atoms with Gasteiger partial charge in [-0.15, -0.1) is 0 Å². The standard InChI is InChI=1S/C11H16FN3O/c1-7-10(6-13-15(7)2)11(16)14-9-4-3-8(12)5-9/h6,8-9H,3-5H2,1-2H3,(H,14,16)/t8-,9-/m0/s1. The van der Waals surface area contributed by atoms with Crippen molar-refractivity contribution in [3.8, 4) is 0 Å². The van der Waals surface area contributed by atoms with Crippen molar-refractivity contribution >= 4 is 5.91 Å². The van der Waals surface area contributed by atoms with E-state index in [-0.39, 0.29) is 11.9 Å². The number of amides is 1. The summed E-state index contributed by atoms with van der Waals surface area (Å²) in [6, 6.07) is -0.0258. The Balaban J connectivity index is 2.01. The van der Waals surface area contributed by atoms with E-state index >= 15 is 0 Å². The molecule has 0 aromatic carbocycles. The molecule has 0 unspecified atom stereocenters. The molecule has 2 atom stereocenters. The first-order chi connectivity index (χ1) is 7.58. The van der Waals surface area contributed by atoms with Crippen LogP contribution < -0.4 is 5.32 Å². The fraction of sp³-hybridized carbons (Fsp3) is 0.636. The van der Waals surface area contributed by atoms with Gasteiger partial charge in [0, 0.05) is 18.8 Å². The fourth-order valence-electron chi connectivity index (χ4n) is 2.04. The molecule has 2 rings (SSSR count). The smallest absolute Gasteiger partial charge is 0.254 e. The maximum Gasteiger partial charge on any atom is 0.254 e. The van der Waals surface area contributed by atoms with Crippen molar-refractivity contribution < 1.29 is 9.18 Å². The molecule has 1 fully saturated rings. The number of hydrogen-bond acceptors (Lipinski definition) is 2. The van der Waals surface area contributed by atoms with Gasteiger partial charge in [0.15, 0.2) is 0 Å². The van der Waals surface area contributed by atoms with Gasteiger partial charge in [0.05, 0.1) is 11.8 Å². The Kier molecular flexibility index (Phi) is 2.94. The van der Waals surface area contributed by atoms with Crippen LogP contribution in [0.25, 0.3) is 0 Å². The number of nitrogens with zero attached hydrogens (tertiary/aromatic N) is 2. The van der Waals surface area contributed by atoms with E-state index in [1.54, 1.807) is 17.9 Å². The molecular weight excluding hydrogens is 209 g/mol. The second-order valence-electron chi connectivity index (χ2n) is 4.35. The molecule has 0 aliphatic heterocycles. The van der Waals surface area contributed by atoms with Gasteiger partial charge in [-0.2, -0.15) is 5.10 Å². The summed E-state index contributed by atoms with van der Waals surface area (Å²) >= 11 is 0. The summed E-state index contributed by atoms with van der Waals surface area (Å²) in [4.78, 5) is 11.9. The third-order valence-electron chi connectivity index (χ3n) is 3.18. The van der Waals surface area contributed by atoms with Crippen molar-refractivity contribution in [2.45, 2.75) is 38.4 Å². The number of nitrogens with one attached hydrogen (secondary N) is 1. The maximum atomic E-state index is 12.9. The average Bonchev–Trinajstić information content (AvgIpc) is 2.76. The molecule has 88 valence electrons. The normalized spacial score (nSPS) is 24.7. The van der Waals surface area contributed by atoms with Crippen molar-refractivity contribution in [1.29, 1.82) is 0 Å². The summed E-state index contributed by atoms with van der Waals surface area (Å²) in [5.41, 5.74) is 1.40. The van der Waals surface area contributed by atoms with Crippen molar-refractivity contribution in [2.24, 2.45) is 7.05 Å². The maximum absolute atomic E-state index is 12.9. The first-order valence-corrected chi connectivity index (χ1v) is 5.51. The average molecular weight is 225 g/mol. The molecule has 0 saturated heterocycles. The van der Waals surface area contributed by atoms with Gasteiger partial charge < -0.3 is 5.32 Å². The Bertz CT molecular complexity index is 402. The molecule has 0 bridgehead atoms. The third-order valence-corrected chi connectivity index (χ3v) is 3.18. The van der Waals surface area contributed by atoms with Crippen LogP contribution in [-0.4, -0.2) is 27.9 Å². The minimum atomic E-state index is -0.764. The van der Waals surface area contributed by atoms with E-state index < -0.39 is 6.17 Å². The lowest BCUT2D eigenvalue weighted by Gasteiger charge is -2.11. The predicted octanol–water partition coefficient (Wildman–Crippen LogP) is 1.35. The molecule has 1 heterocycles. The van der Waals surface area contributed by atoms with E-state index in [1.165, 1.54) is 0 Å². The topological polar surface area (TPSA) is 46.9 Å². The Hall–Kier alpha value is -1.39. The minimum absolute atomic E-state index is 0.0258. The summed E-state index contributed by atoms with van der Waals surface area (Å²) in [7, 11) is 1.79. The lowest BCUT2D eigenvalue weighted by Crippen LogP contribution is -2.33. The van der Waals surface area contributed by atoms with Gasteiger partial charge in [0.2, 0.25) is 0 Å². The molecule has 1 aromatic rings. The molecule has 1 N–H and O–H groups in total. The summed E-state index contributed by atoms with van der Waals surface area (Å²) in [6.07, 6.45) is 2.50. The fourth-order valence-corrected chi connectivity index (χ4v) is 2.04. The number of rotatable bonds is 2. The van der Waals surface area contributed by atoms with Crippen molar-refractivity contribution in [1.82, 2.24) is 15.1 Å². The van der Waals surface area contributed by atoms with Gasteiger partial charge >= 0.3 is 0 Å². The van der Waals surface area contributed by atoms with Gasteiger partial charge in [0.25, 0.3) is 5.91 Å².